The van der Waals surface area contributed by atoms with Crippen LogP contribution < -0.4 is 11.1 Å². The van der Waals surface area contributed by atoms with Crippen LogP contribution in [-0.4, -0.2) is 5.91 Å². The van der Waals surface area contributed by atoms with Crippen LogP contribution in [0.3, 0.4) is 0 Å². The van der Waals surface area contributed by atoms with Crippen LogP contribution in [0.1, 0.15) is 21.7 Å². The van der Waals surface area contributed by atoms with E-state index < -0.39 is 0 Å². The van der Waals surface area contributed by atoms with Crippen molar-refractivity contribution in [1.82, 2.24) is 0 Å². The number of anilines is 2. The van der Waals surface area contributed by atoms with Crippen molar-refractivity contribution in [3.63, 3.8) is 0 Å². The summed E-state index contributed by atoms with van der Waals surface area (Å²) >= 11 is 0. The Morgan fingerprint density at radius 3 is 2.76 bits per heavy atom. The molecule has 106 valence electrons. The summed E-state index contributed by atoms with van der Waals surface area (Å²) in [5, 5.41) is 3.70. The van der Waals surface area contributed by atoms with E-state index in [1.807, 2.05) is 32.0 Å². The number of nitrogens with two attached hydrogens (primary N) is 1. The first-order valence-electron chi connectivity index (χ1n) is 6.71. The second-order valence-electron chi connectivity index (χ2n) is 5.11. The van der Waals surface area contributed by atoms with Crippen LogP contribution in [0.25, 0.3) is 11.0 Å². The first-order valence-corrected chi connectivity index (χ1v) is 6.71. The van der Waals surface area contributed by atoms with Gasteiger partial charge in [-0.15, -0.1) is 0 Å². The largest absolute Gasteiger partial charge is 0.451 e. The molecule has 0 spiro atoms. The summed E-state index contributed by atoms with van der Waals surface area (Å²) in [5.41, 5.74) is 9.99. The van der Waals surface area contributed by atoms with Gasteiger partial charge in [-0.1, -0.05) is 12.1 Å². The Morgan fingerprint density at radius 1 is 1.14 bits per heavy atom. The lowest BCUT2D eigenvalue weighted by molar-refractivity contribution is 0.0998. The number of nitrogen functional groups attached to an aromatic ring is 1. The van der Waals surface area contributed by atoms with E-state index in [4.69, 9.17) is 10.2 Å². The molecule has 3 rings (SSSR count). The average molecular weight is 280 g/mol. The summed E-state index contributed by atoms with van der Waals surface area (Å²) in [6.45, 7) is 3.99. The van der Waals surface area contributed by atoms with Crippen LogP contribution in [0.5, 0.6) is 0 Å². The zero-order chi connectivity index (χ0) is 15.0. The molecule has 3 N–H and O–H groups in total. The molecule has 4 heteroatoms. The number of amides is 1. The molecule has 1 heterocycles. The summed E-state index contributed by atoms with van der Waals surface area (Å²) in [4.78, 5) is 12.3. The number of fused-ring (bicyclic) bond motifs is 1. The third-order valence-corrected chi connectivity index (χ3v) is 3.62. The monoisotopic (exact) mass is 280 g/mol. The number of hydrogen-bond donors (Lipinski definition) is 2. The van der Waals surface area contributed by atoms with Gasteiger partial charge in [0.1, 0.15) is 5.58 Å². The zero-order valence-electron chi connectivity index (χ0n) is 11.9. The Balaban J connectivity index is 1.91. The maximum Gasteiger partial charge on any atom is 0.291 e. The maximum atomic E-state index is 12.3. The van der Waals surface area contributed by atoms with Gasteiger partial charge < -0.3 is 15.5 Å². The summed E-state index contributed by atoms with van der Waals surface area (Å²) in [5.74, 6) is 0.00924. The fourth-order valence-electron chi connectivity index (χ4n) is 2.24. The minimum Gasteiger partial charge on any atom is -0.451 e. The Morgan fingerprint density at radius 2 is 1.95 bits per heavy atom. The molecule has 0 bridgehead atoms. The lowest BCUT2D eigenvalue weighted by Gasteiger charge is -2.08. The van der Waals surface area contributed by atoms with Gasteiger partial charge in [-0.05, 0) is 55.3 Å². The molecule has 0 atom stereocenters. The Kier molecular flexibility index (Phi) is 3.14. The first-order chi connectivity index (χ1) is 10.0. The molecule has 2 aromatic carbocycles. The van der Waals surface area contributed by atoms with Crippen molar-refractivity contribution < 1.29 is 9.21 Å². The Bertz CT molecular complexity index is 834. The minimum atomic E-state index is -0.265. The highest BCUT2D eigenvalue weighted by atomic mass is 16.3. The molecule has 4 nitrogen and oxygen atoms in total. The number of benzene rings is 2. The van der Waals surface area contributed by atoms with Crippen LogP contribution in [0, 0.1) is 13.8 Å². The topological polar surface area (TPSA) is 68.3 Å². The van der Waals surface area contributed by atoms with E-state index in [1.165, 1.54) is 0 Å². The fraction of sp³-hybridized carbons (Fsp3) is 0.118. The summed E-state index contributed by atoms with van der Waals surface area (Å²) in [6, 6.07) is 12.8. The second-order valence-corrected chi connectivity index (χ2v) is 5.11. The van der Waals surface area contributed by atoms with E-state index in [2.05, 4.69) is 5.32 Å². The van der Waals surface area contributed by atoms with Gasteiger partial charge in [-0.25, -0.2) is 0 Å². The number of carbonyl (C=O) groups excluding carboxylic acids is 1. The van der Waals surface area contributed by atoms with Crippen molar-refractivity contribution in [3.8, 4) is 0 Å². The summed E-state index contributed by atoms with van der Waals surface area (Å²) in [7, 11) is 0. The zero-order valence-corrected chi connectivity index (χ0v) is 11.9. The normalized spacial score (nSPS) is 10.8. The lowest BCUT2D eigenvalue weighted by atomic mass is 10.1. The molecule has 0 radical (unpaired) electrons. The summed E-state index contributed by atoms with van der Waals surface area (Å²) in [6.07, 6.45) is 0. The maximum absolute atomic E-state index is 12.3. The molecular weight excluding hydrogens is 264 g/mol. The van der Waals surface area contributed by atoms with E-state index in [0.717, 1.165) is 22.2 Å². The third-order valence-electron chi connectivity index (χ3n) is 3.62. The van der Waals surface area contributed by atoms with Crippen LogP contribution in [0.2, 0.25) is 0 Å². The molecule has 0 fully saturated rings. The van der Waals surface area contributed by atoms with Crippen molar-refractivity contribution >= 4 is 28.3 Å². The van der Waals surface area contributed by atoms with E-state index in [-0.39, 0.29) is 11.7 Å². The number of rotatable bonds is 2. The standard InChI is InChI=1S/C17H16N2O2/c1-10-4-3-5-14(11(10)2)19-17(20)16-9-12-8-13(18)6-7-15(12)21-16/h3-9H,18H2,1-2H3,(H,19,20). The molecule has 0 saturated carbocycles. The van der Waals surface area contributed by atoms with Gasteiger partial charge in [0.25, 0.3) is 5.91 Å². The van der Waals surface area contributed by atoms with Gasteiger partial charge in [0.05, 0.1) is 0 Å². The highest BCUT2D eigenvalue weighted by molar-refractivity contribution is 6.05. The first kappa shape index (κ1) is 13.2. The van der Waals surface area contributed by atoms with Crippen molar-refractivity contribution in [2.24, 2.45) is 0 Å². The number of furan rings is 1. The fourth-order valence-corrected chi connectivity index (χ4v) is 2.24. The smallest absolute Gasteiger partial charge is 0.291 e. The molecule has 0 unspecified atom stereocenters. The van der Waals surface area contributed by atoms with E-state index in [1.54, 1.807) is 24.3 Å². The molecule has 0 aliphatic rings. The molecule has 21 heavy (non-hydrogen) atoms. The predicted octanol–water partition coefficient (Wildman–Crippen LogP) is 3.88. The quantitative estimate of drug-likeness (QED) is 0.700. The predicted molar refractivity (Wildman–Crippen MR) is 84.5 cm³/mol. The van der Waals surface area contributed by atoms with Gasteiger partial charge in [-0.2, -0.15) is 0 Å². The Labute approximate surface area is 122 Å². The highest BCUT2D eigenvalue weighted by Crippen LogP contribution is 2.23. The SMILES string of the molecule is Cc1cccc(NC(=O)c2cc3cc(N)ccc3o2)c1C. The number of carbonyl (C=O) groups is 1. The molecule has 0 aliphatic heterocycles. The average Bonchev–Trinajstić information content (AvgIpc) is 2.87. The lowest BCUT2D eigenvalue weighted by Crippen LogP contribution is -2.12. The molecule has 0 saturated heterocycles. The van der Waals surface area contributed by atoms with Crippen LogP contribution in [0.4, 0.5) is 11.4 Å². The van der Waals surface area contributed by atoms with Crippen LogP contribution >= 0.6 is 0 Å². The highest BCUT2D eigenvalue weighted by Gasteiger charge is 2.13. The van der Waals surface area contributed by atoms with E-state index in [0.29, 0.717) is 11.3 Å². The third kappa shape index (κ3) is 2.48. The molecule has 1 aromatic heterocycles. The number of nitrogens with one attached hydrogen (secondary N) is 1. The van der Waals surface area contributed by atoms with E-state index >= 15 is 0 Å². The van der Waals surface area contributed by atoms with Gasteiger partial charge in [0, 0.05) is 16.8 Å². The molecular formula is C17H16N2O2. The van der Waals surface area contributed by atoms with Crippen molar-refractivity contribution in [2.75, 3.05) is 11.1 Å². The van der Waals surface area contributed by atoms with Gasteiger partial charge in [-0.3, -0.25) is 4.79 Å². The van der Waals surface area contributed by atoms with Crippen molar-refractivity contribution in [1.29, 1.82) is 0 Å². The Hall–Kier alpha value is -2.75. The minimum absolute atomic E-state index is 0.265. The number of aryl methyl sites for hydroxylation is 1. The van der Waals surface area contributed by atoms with Gasteiger partial charge >= 0.3 is 0 Å². The summed E-state index contributed by atoms with van der Waals surface area (Å²) < 4.78 is 5.56. The molecule has 3 aromatic rings. The van der Waals surface area contributed by atoms with Crippen LogP contribution in [-0.2, 0) is 0 Å². The second kappa shape index (κ2) is 4.98. The molecule has 0 aliphatic carbocycles. The van der Waals surface area contributed by atoms with Crippen LogP contribution in [0.15, 0.2) is 46.9 Å². The van der Waals surface area contributed by atoms with Crippen molar-refractivity contribution in [3.05, 3.63) is 59.4 Å². The number of hydrogen-bond acceptors (Lipinski definition) is 3. The van der Waals surface area contributed by atoms with Gasteiger partial charge in [0.15, 0.2) is 5.76 Å². The molecule has 1 amide bonds. The van der Waals surface area contributed by atoms with Crippen molar-refractivity contribution in [2.45, 2.75) is 13.8 Å². The van der Waals surface area contributed by atoms with Gasteiger partial charge in [0.2, 0.25) is 0 Å². The van der Waals surface area contributed by atoms with E-state index in [9.17, 15) is 4.79 Å².